The van der Waals surface area contributed by atoms with Crippen LogP contribution in [0.25, 0.3) is 0 Å². The number of nitrogens with zero attached hydrogens (tertiary/aromatic N) is 1. The van der Waals surface area contributed by atoms with Crippen LogP contribution in [0.4, 0.5) is 0 Å². The number of aryl methyl sites for hydroxylation is 3. The largest absolute Gasteiger partial charge is 0.748 e. The summed E-state index contributed by atoms with van der Waals surface area (Å²) in [5.41, 5.74) is 3.37. The summed E-state index contributed by atoms with van der Waals surface area (Å²) < 4.78 is 44.5. The van der Waals surface area contributed by atoms with Crippen molar-refractivity contribution in [2.24, 2.45) is 11.8 Å². The van der Waals surface area contributed by atoms with E-state index < -0.39 is 63.6 Å². The first-order chi connectivity index (χ1) is 34.4. The molecule has 2 saturated heterocycles. The number of benzene rings is 3. The van der Waals surface area contributed by atoms with E-state index in [1.165, 1.54) is 0 Å². The van der Waals surface area contributed by atoms with Gasteiger partial charge in [0.15, 0.2) is 12.3 Å². The number of Topliss-reactive ketones (excluding diaryl/α,β-unsaturated/α-hetero) is 1. The third kappa shape index (κ3) is 20.8. The number of terminal acetylenes is 1. The van der Waals surface area contributed by atoms with Crippen LogP contribution < -0.4 is 26.0 Å². The fraction of sp³-hybridized carbons (Fsp3) is 0.527. The molecule has 73 heavy (non-hydrogen) atoms. The summed E-state index contributed by atoms with van der Waals surface area (Å²) in [4.78, 5) is 83.4. The number of carbonyl (C=O) groups excluding carboxylic acids is 6. The summed E-state index contributed by atoms with van der Waals surface area (Å²) in [5.74, 6) is 0.476. The number of morpholine rings is 1. The molecular formula is C55H75N5O12S. The number of ether oxygens (including phenoxy) is 3. The predicted molar refractivity (Wildman–Crippen MR) is 276 cm³/mol. The van der Waals surface area contributed by atoms with Crippen molar-refractivity contribution in [2.45, 2.75) is 130 Å². The monoisotopic (exact) mass is 1030 g/mol. The highest BCUT2D eigenvalue weighted by atomic mass is 32.2. The minimum atomic E-state index is -3.92. The third-order valence-electron chi connectivity index (χ3n) is 12.5. The van der Waals surface area contributed by atoms with E-state index in [1.54, 1.807) is 6.92 Å². The molecule has 17 nitrogen and oxygen atoms in total. The van der Waals surface area contributed by atoms with E-state index in [0.717, 1.165) is 27.8 Å². The van der Waals surface area contributed by atoms with Gasteiger partial charge in [-0.3, -0.25) is 28.8 Å². The fourth-order valence-corrected chi connectivity index (χ4v) is 8.79. The molecule has 2 heterocycles. The lowest BCUT2D eigenvalue weighted by molar-refractivity contribution is -0.940. The van der Waals surface area contributed by atoms with Gasteiger partial charge in [-0.1, -0.05) is 88.4 Å². The van der Waals surface area contributed by atoms with Gasteiger partial charge < -0.3 is 44.5 Å². The van der Waals surface area contributed by atoms with E-state index in [0.29, 0.717) is 62.2 Å². The Kier molecular flexibility index (Phi) is 22.8. The van der Waals surface area contributed by atoms with Crippen LogP contribution in [-0.4, -0.2) is 128 Å². The molecule has 2 aliphatic rings. The highest BCUT2D eigenvalue weighted by Crippen LogP contribution is 2.30. The highest BCUT2D eigenvalue weighted by molar-refractivity contribution is 7.84. The van der Waals surface area contributed by atoms with Crippen LogP contribution >= 0.6 is 0 Å². The molecule has 2 aliphatic heterocycles. The second-order valence-corrected chi connectivity index (χ2v) is 21.7. The number of amides is 4. The molecule has 0 radical (unpaired) electrons. The standard InChI is InChI=1S/C54H71N5O9.CH4O3S/c1-9-10-21-48(61)68-49-38(6)30-42(31-39(49)7)33-59(24-26-66-27-25-59)34-47(60)55-43(23-22-40-17-13-11-14-18-40)51(63)57-45(29-37(4)5)52(64)58-46(32-41-19-15-12-16-20-41)53(65)56-44(28-36(2)3)50(62)54(8)35-67-54;1-5(2,3)4/h1,11-20,30-31,36-37,43-46H,10,21-29,32-35H2,2-8H3,(H3-,55,56,57,58,60,63,64,65);1H3,(H,2,3,4)/t43-,44-,45-,46-,54+;/m0./s1. The molecule has 0 unspecified atom stereocenters. The van der Waals surface area contributed by atoms with Gasteiger partial charge in [0.25, 0.3) is 5.91 Å². The quantitative estimate of drug-likeness (QED) is 0.0231. The Morgan fingerprint density at radius 2 is 1.26 bits per heavy atom. The van der Waals surface area contributed by atoms with Gasteiger partial charge in [-0.15, -0.1) is 12.3 Å². The minimum Gasteiger partial charge on any atom is -0.748 e. The summed E-state index contributed by atoms with van der Waals surface area (Å²) in [6.07, 6.45) is 7.88. The summed E-state index contributed by atoms with van der Waals surface area (Å²) in [6.45, 7) is 16.2. The smallest absolute Gasteiger partial charge is 0.312 e. The molecule has 398 valence electrons. The summed E-state index contributed by atoms with van der Waals surface area (Å²) in [5, 5.41) is 11.9. The first-order valence-corrected chi connectivity index (χ1v) is 26.8. The Bertz CT molecular complexity index is 2470. The molecule has 0 saturated carbocycles. The summed E-state index contributed by atoms with van der Waals surface area (Å²) in [7, 11) is -3.92. The number of esters is 1. The topological polar surface area (TPSA) is 239 Å². The van der Waals surface area contributed by atoms with Gasteiger partial charge in [0.05, 0.1) is 42.4 Å². The number of hydrogen-bond donors (Lipinski definition) is 4. The van der Waals surface area contributed by atoms with Gasteiger partial charge >= 0.3 is 5.97 Å². The van der Waals surface area contributed by atoms with Gasteiger partial charge in [-0.25, -0.2) is 8.42 Å². The Morgan fingerprint density at radius 3 is 1.79 bits per heavy atom. The molecule has 3 aromatic rings. The van der Waals surface area contributed by atoms with Crippen molar-refractivity contribution in [1.29, 1.82) is 0 Å². The van der Waals surface area contributed by atoms with Crippen LogP contribution in [0.2, 0.25) is 0 Å². The highest BCUT2D eigenvalue weighted by Gasteiger charge is 2.50. The number of ketones is 1. The molecule has 0 aromatic heterocycles. The van der Waals surface area contributed by atoms with E-state index in [1.807, 2.05) is 114 Å². The maximum Gasteiger partial charge on any atom is 0.312 e. The molecule has 2 fully saturated rings. The van der Waals surface area contributed by atoms with Crippen LogP contribution in [0, 0.1) is 38.0 Å². The number of hydrogen-bond acceptors (Lipinski definition) is 12. The second-order valence-electron chi connectivity index (χ2n) is 20.3. The van der Waals surface area contributed by atoms with Crippen molar-refractivity contribution >= 4 is 45.5 Å². The lowest BCUT2D eigenvalue weighted by Crippen LogP contribution is -2.61. The molecule has 18 heteroatoms. The van der Waals surface area contributed by atoms with Crippen LogP contribution in [0.1, 0.15) is 94.5 Å². The Morgan fingerprint density at radius 1 is 0.767 bits per heavy atom. The van der Waals surface area contributed by atoms with Gasteiger partial charge in [-0.2, -0.15) is 0 Å². The Hall–Kier alpha value is -5.97. The van der Waals surface area contributed by atoms with E-state index in [2.05, 4.69) is 27.2 Å². The predicted octanol–water partition coefficient (Wildman–Crippen LogP) is 4.40. The lowest BCUT2D eigenvalue weighted by Gasteiger charge is -2.41. The summed E-state index contributed by atoms with van der Waals surface area (Å²) in [6, 6.07) is 18.9. The molecule has 0 aliphatic carbocycles. The van der Waals surface area contributed by atoms with Crippen molar-refractivity contribution in [2.75, 3.05) is 45.7 Å². The molecule has 4 N–H and O–H groups in total. The number of carbonyl (C=O) groups is 6. The molecule has 4 amide bonds. The first-order valence-electron chi connectivity index (χ1n) is 24.9. The number of epoxide rings is 1. The first kappa shape index (κ1) is 59.6. The van der Waals surface area contributed by atoms with Gasteiger partial charge in [0.1, 0.15) is 49.1 Å². The van der Waals surface area contributed by atoms with Gasteiger partial charge in [-0.05, 0) is 92.7 Å². The molecular weight excluding hydrogens is 955 g/mol. The Labute approximate surface area is 431 Å². The maximum absolute atomic E-state index is 14.5. The lowest BCUT2D eigenvalue weighted by atomic mass is 9.93. The van der Waals surface area contributed by atoms with Crippen molar-refractivity contribution in [3.05, 3.63) is 101 Å². The molecule has 0 spiro atoms. The van der Waals surface area contributed by atoms with E-state index >= 15 is 0 Å². The normalized spacial score (nSPS) is 17.6. The van der Waals surface area contributed by atoms with E-state index in [-0.39, 0.29) is 68.8 Å². The summed E-state index contributed by atoms with van der Waals surface area (Å²) >= 11 is 0. The number of nitrogens with one attached hydrogen (secondary N) is 4. The van der Waals surface area contributed by atoms with Crippen molar-refractivity contribution in [3.8, 4) is 18.1 Å². The number of rotatable bonds is 25. The van der Waals surface area contributed by atoms with Crippen LogP contribution in [0.3, 0.4) is 0 Å². The number of quaternary nitrogens is 1. The zero-order valence-electron chi connectivity index (χ0n) is 43.6. The maximum atomic E-state index is 14.5. The van der Waals surface area contributed by atoms with Crippen molar-refractivity contribution < 1.29 is 60.4 Å². The zero-order valence-corrected chi connectivity index (χ0v) is 44.4. The fourth-order valence-electron chi connectivity index (χ4n) is 8.79. The SMILES string of the molecule is C#CCCC(=O)Oc1c(C)cc(C[N+]2(CC(=O)N[C@@H](CCc3ccccc3)C(=O)N[C@@H](CC(C)C)C(=O)N[C@@H](Cc3ccccc3)C(=O)N[C@@H](CC(C)C)C(=O)[C@@]3(C)CO3)CCOCC2)cc1C.CS(=O)(=O)[O-]. The van der Waals surface area contributed by atoms with Crippen LogP contribution in [0.5, 0.6) is 5.75 Å². The van der Waals surface area contributed by atoms with Gasteiger partial charge in [0.2, 0.25) is 17.7 Å². The molecule has 5 atom stereocenters. The molecule has 0 bridgehead atoms. The molecule has 3 aromatic carbocycles. The van der Waals surface area contributed by atoms with Crippen LogP contribution in [-0.2, 0) is 67.7 Å². The third-order valence-corrected chi connectivity index (χ3v) is 12.5. The van der Waals surface area contributed by atoms with Crippen molar-refractivity contribution in [1.82, 2.24) is 21.3 Å². The minimum absolute atomic E-state index is 0.0373. The van der Waals surface area contributed by atoms with Gasteiger partial charge in [0, 0.05) is 24.7 Å². The average Bonchev–Trinajstić information content (AvgIpc) is 4.07. The van der Waals surface area contributed by atoms with Crippen molar-refractivity contribution in [3.63, 3.8) is 0 Å². The Balaban J connectivity index is 0.00000220. The zero-order chi connectivity index (χ0) is 53.9. The average molecular weight is 1030 g/mol. The molecule has 5 rings (SSSR count). The van der Waals surface area contributed by atoms with E-state index in [9.17, 15) is 28.8 Å². The van der Waals surface area contributed by atoms with E-state index in [4.69, 9.17) is 33.6 Å². The second kappa shape index (κ2) is 27.9. The van der Waals surface area contributed by atoms with Crippen LogP contribution in [0.15, 0.2) is 72.8 Å².